The van der Waals surface area contributed by atoms with Crippen LogP contribution in [-0.2, 0) is 4.79 Å². The van der Waals surface area contributed by atoms with Gasteiger partial charge < -0.3 is 10.1 Å². The van der Waals surface area contributed by atoms with Crippen molar-refractivity contribution < 1.29 is 4.79 Å². The number of hydrogen-bond acceptors (Lipinski definition) is 3. The van der Waals surface area contributed by atoms with Crippen molar-refractivity contribution in [3.8, 4) is 0 Å². The number of anilines is 1. The first-order chi connectivity index (χ1) is 7.63. The molecule has 0 spiro atoms. The summed E-state index contributed by atoms with van der Waals surface area (Å²) in [4.78, 5) is 10.6. The number of benzene rings is 1. The summed E-state index contributed by atoms with van der Waals surface area (Å²) in [5.74, 6) is -0.0217. The second kappa shape index (κ2) is 6.59. The molecule has 2 atom stereocenters. The predicted octanol–water partition coefficient (Wildman–Crippen LogP) is 3.11. The van der Waals surface area contributed by atoms with Gasteiger partial charge in [0.15, 0.2) is 0 Å². The molecule has 88 valence electrons. The minimum Gasteiger partial charge on any atom is -0.385 e. The Morgan fingerprint density at radius 1 is 1.31 bits per heavy atom. The van der Waals surface area contributed by atoms with E-state index in [0.29, 0.717) is 5.25 Å². The lowest BCUT2D eigenvalue weighted by Crippen LogP contribution is -2.06. The summed E-state index contributed by atoms with van der Waals surface area (Å²) in [7, 11) is 0. The SMILES string of the molecule is CC(S)CCNc1ccc(C(C)C=O)cc1. The van der Waals surface area contributed by atoms with E-state index in [1.54, 1.807) is 0 Å². The molecule has 1 N–H and O–H groups in total. The second-order valence-corrected chi connectivity index (χ2v) is 4.99. The summed E-state index contributed by atoms with van der Waals surface area (Å²) >= 11 is 4.32. The number of thiol groups is 1. The molecule has 0 aliphatic rings. The largest absolute Gasteiger partial charge is 0.385 e. The van der Waals surface area contributed by atoms with Crippen molar-refractivity contribution in [1.29, 1.82) is 0 Å². The van der Waals surface area contributed by atoms with Crippen LogP contribution < -0.4 is 5.32 Å². The summed E-state index contributed by atoms with van der Waals surface area (Å²) in [6.45, 7) is 4.91. The molecule has 0 saturated carbocycles. The number of hydrogen-bond donors (Lipinski definition) is 2. The molecule has 0 aliphatic heterocycles. The van der Waals surface area contributed by atoms with Crippen LogP contribution in [0.1, 0.15) is 31.7 Å². The molecule has 1 rings (SSSR count). The monoisotopic (exact) mass is 237 g/mol. The van der Waals surface area contributed by atoms with Crippen molar-refractivity contribution in [2.75, 3.05) is 11.9 Å². The number of rotatable bonds is 6. The molecule has 0 bridgehead atoms. The zero-order chi connectivity index (χ0) is 12.0. The van der Waals surface area contributed by atoms with E-state index in [4.69, 9.17) is 0 Å². The van der Waals surface area contributed by atoms with E-state index in [2.05, 4.69) is 24.9 Å². The topological polar surface area (TPSA) is 29.1 Å². The lowest BCUT2D eigenvalue weighted by molar-refractivity contribution is -0.108. The highest BCUT2D eigenvalue weighted by atomic mass is 32.1. The van der Waals surface area contributed by atoms with Crippen LogP contribution in [0.2, 0.25) is 0 Å². The average Bonchev–Trinajstić information content (AvgIpc) is 2.28. The van der Waals surface area contributed by atoms with E-state index in [9.17, 15) is 4.79 Å². The third-order valence-corrected chi connectivity index (χ3v) is 2.79. The number of nitrogens with one attached hydrogen (secondary N) is 1. The van der Waals surface area contributed by atoms with Gasteiger partial charge in [0.25, 0.3) is 0 Å². The van der Waals surface area contributed by atoms with Crippen LogP contribution in [0, 0.1) is 0 Å². The van der Waals surface area contributed by atoms with Gasteiger partial charge in [-0.05, 0) is 24.1 Å². The van der Waals surface area contributed by atoms with Crippen LogP contribution >= 0.6 is 12.6 Å². The lowest BCUT2D eigenvalue weighted by Gasteiger charge is -2.09. The average molecular weight is 237 g/mol. The van der Waals surface area contributed by atoms with Crippen LogP contribution in [0.5, 0.6) is 0 Å². The maximum atomic E-state index is 10.6. The molecule has 0 amide bonds. The Balaban J connectivity index is 2.48. The fourth-order valence-electron chi connectivity index (χ4n) is 1.41. The molecule has 2 unspecified atom stereocenters. The first-order valence-electron chi connectivity index (χ1n) is 5.60. The maximum absolute atomic E-state index is 10.6. The first-order valence-corrected chi connectivity index (χ1v) is 6.12. The van der Waals surface area contributed by atoms with Gasteiger partial charge in [-0.25, -0.2) is 0 Å². The molecular formula is C13H19NOS. The number of aldehydes is 1. The molecule has 0 saturated heterocycles. The van der Waals surface area contributed by atoms with E-state index >= 15 is 0 Å². The van der Waals surface area contributed by atoms with Crippen LogP contribution in [0.4, 0.5) is 5.69 Å². The Morgan fingerprint density at radius 2 is 1.94 bits per heavy atom. The highest BCUT2D eigenvalue weighted by Gasteiger charge is 2.02. The molecule has 0 radical (unpaired) electrons. The Labute approximate surface area is 103 Å². The Kier molecular flexibility index (Phi) is 5.39. The molecule has 0 heterocycles. The Bertz CT molecular complexity index is 321. The summed E-state index contributed by atoms with van der Waals surface area (Å²) in [5.41, 5.74) is 2.15. The van der Waals surface area contributed by atoms with Gasteiger partial charge in [-0.2, -0.15) is 12.6 Å². The van der Waals surface area contributed by atoms with Gasteiger partial charge in [0.05, 0.1) is 0 Å². The number of carbonyl (C=O) groups is 1. The van der Waals surface area contributed by atoms with Crippen LogP contribution in [-0.4, -0.2) is 18.1 Å². The second-order valence-electron chi connectivity index (χ2n) is 4.11. The van der Waals surface area contributed by atoms with Crippen molar-refractivity contribution in [3.05, 3.63) is 29.8 Å². The summed E-state index contributed by atoms with van der Waals surface area (Å²) < 4.78 is 0. The minimum atomic E-state index is -0.0217. The van der Waals surface area contributed by atoms with E-state index in [-0.39, 0.29) is 5.92 Å². The predicted molar refractivity (Wildman–Crippen MR) is 72.5 cm³/mol. The molecule has 1 aromatic rings. The maximum Gasteiger partial charge on any atom is 0.127 e. The Hall–Kier alpha value is -0.960. The molecule has 0 fully saturated rings. The highest BCUT2D eigenvalue weighted by molar-refractivity contribution is 7.80. The van der Waals surface area contributed by atoms with E-state index in [1.807, 2.05) is 31.2 Å². The molecule has 2 nitrogen and oxygen atoms in total. The van der Waals surface area contributed by atoms with Gasteiger partial charge in [-0.15, -0.1) is 0 Å². The van der Waals surface area contributed by atoms with Gasteiger partial charge in [0, 0.05) is 23.4 Å². The molecule has 0 aliphatic carbocycles. The summed E-state index contributed by atoms with van der Waals surface area (Å²) in [5, 5.41) is 3.74. The first kappa shape index (κ1) is 13.1. The van der Waals surface area contributed by atoms with Crippen molar-refractivity contribution in [2.24, 2.45) is 0 Å². The zero-order valence-electron chi connectivity index (χ0n) is 9.81. The van der Waals surface area contributed by atoms with Gasteiger partial charge in [-0.3, -0.25) is 0 Å². The Morgan fingerprint density at radius 3 is 2.44 bits per heavy atom. The normalized spacial score (nSPS) is 14.2. The standard InChI is InChI=1S/C13H19NOS/c1-10(9-15)12-3-5-13(6-4-12)14-8-7-11(2)16/h3-6,9-11,14,16H,7-8H2,1-2H3. The zero-order valence-corrected chi connectivity index (χ0v) is 10.7. The van der Waals surface area contributed by atoms with Crippen LogP contribution in [0.25, 0.3) is 0 Å². The third-order valence-electron chi connectivity index (χ3n) is 2.53. The number of carbonyl (C=O) groups excluding carboxylic acids is 1. The molecule has 0 aromatic heterocycles. The lowest BCUT2D eigenvalue weighted by atomic mass is 10.0. The molecular weight excluding hydrogens is 218 g/mol. The van der Waals surface area contributed by atoms with Crippen LogP contribution in [0.15, 0.2) is 24.3 Å². The van der Waals surface area contributed by atoms with E-state index in [1.165, 1.54) is 0 Å². The van der Waals surface area contributed by atoms with Gasteiger partial charge in [0.1, 0.15) is 6.29 Å². The fourth-order valence-corrected chi connectivity index (χ4v) is 1.54. The highest BCUT2D eigenvalue weighted by Crippen LogP contribution is 2.16. The van der Waals surface area contributed by atoms with Crippen molar-refractivity contribution in [1.82, 2.24) is 0 Å². The summed E-state index contributed by atoms with van der Waals surface area (Å²) in [6, 6.07) is 8.01. The van der Waals surface area contributed by atoms with E-state index in [0.717, 1.165) is 30.5 Å². The molecule has 1 aromatic carbocycles. The van der Waals surface area contributed by atoms with Gasteiger partial charge >= 0.3 is 0 Å². The van der Waals surface area contributed by atoms with Gasteiger partial charge in [0.2, 0.25) is 0 Å². The third kappa shape index (κ3) is 4.27. The smallest absolute Gasteiger partial charge is 0.127 e. The molecule has 16 heavy (non-hydrogen) atoms. The summed E-state index contributed by atoms with van der Waals surface area (Å²) in [6.07, 6.45) is 2.00. The van der Waals surface area contributed by atoms with Crippen molar-refractivity contribution >= 4 is 24.6 Å². The molecule has 3 heteroatoms. The van der Waals surface area contributed by atoms with E-state index < -0.39 is 0 Å². The van der Waals surface area contributed by atoms with Crippen LogP contribution in [0.3, 0.4) is 0 Å². The van der Waals surface area contributed by atoms with Crippen molar-refractivity contribution in [3.63, 3.8) is 0 Å². The fraction of sp³-hybridized carbons (Fsp3) is 0.462. The quantitative estimate of drug-likeness (QED) is 0.588. The minimum absolute atomic E-state index is 0.0217. The van der Waals surface area contributed by atoms with Gasteiger partial charge in [-0.1, -0.05) is 26.0 Å². The van der Waals surface area contributed by atoms with Crippen molar-refractivity contribution in [2.45, 2.75) is 31.4 Å².